The molecule has 0 spiro atoms. The lowest BCUT2D eigenvalue weighted by molar-refractivity contribution is -0.131. The van der Waals surface area contributed by atoms with Gasteiger partial charge in [0.1, 0.15) is 15.8 Å². The molecule has 0 aromatic heterocycles. The molecule has 0 amide bonds. The summed E-state index contributed by atoms with van der Waals surface area (Å²) >= 11 is 5.95. The molecule has 1 heterocycles. The lowest BCUT2D eigenvalue weighted by Crippen LogP contribution is -2.01. The Kier molecular flexibility index (Phi) is 6.05. The SMILES string of the molecule is C=CCSC1=N/C(=C/c2ccc(OC(C)=O)c(Br)c2)C(=O)S1. The van der Waals surface area contributed by atoms with E-state index in [1.54, 1.807) is 30.4 Å². The Labute approximate surface area is 145 Å². The zero-order chi connectivity index (χ0) is 16.1. The molecule has 0 bridgehead atoms. The molecule has 7 heteroatoms. The van der Waals surface area contributed by atoms with Crippen LogP contribution in [0.3, 0.4) is 0 Å². The van der Waals surface area contributed by atoms with Crippen LogP contribution in [0.25, 0.3) is 6.08 Å². The van der Waals surface area contributed by atoms with Crippen molar-refractivity contribution in [3.63, 3.8) is 0 Å². The van der Waals surface area contributed by atoms with Crippen molar-refractivity contribution in [3.8, 4) is 5.75 Å². The van der Waals surface area contributed by atoms with Gasteiger partial charge in [-0.05, 0) is 51.5 Å². The van der Waals surface area contributed by atoms with Crippen LogP contribution in [-0.2, 0) is 9.59 Å². The molecule has 0 fully saturated rings. The first-order chi connectivity index (χ1) is 10.5. The van der Waals surface area contributed by atoms with Gasteiger partial charge in [-0.3, -0.25) is 9.59 Å². The second kappa shape index (κ2) is 7.80. The predicted octanol–water partition coefficient (Wildman–Crippen LogP) is 4.26. The van der Waals surface area contributed by atoms with E-state index in [0.29, 0.717) is 15.9 Å². The fourth-order valence-corrected chi connectivity index (χ4v) is 3.66. The minimum Gasteiger partial charge on any atom is -0.426 e. The van der Waals surface area contributed by atoms with Crippen molar-refractivity contribution in [1.82, 2.24) is 0 Å². The lowest BCUT2D eigenvalue weighted by atomic mass is 10.2. The molecule has 1 aliphatic rings. The van der Waals surface area contributed by atoms with Gasteiger partial charge in [0.15, 0.2) is 0 Å². The molecule has 2 rings (SSSR count). The number of esters is 1. The van der Waals surface area contributed by atoms with E-state index in [1.165, 1.54) is 18.7 Å². The van der Waals surface area contributed by atoms with E-state index >= 15 is 0 Å². The quantitative estimate of drug-likeness (QED) is 0.328. The Morgan fingerprint density at radius 1 is 1.55 bits per heavy atom. The van der Waals surface area contributed by atoms with Gasteiger partial charge in [-0.2, -0.15) is 0 Å². The first kappa shape index (κ1) is 17.1. The number of hydrogen-bond acceptors (Lipinski definition) is 6. The predicted molar refractivity (Wildman–Crippen MR) is 96.1 cm³/mol. The van der Waals surface area contributed by atoms with E-state index in [-0.39, 0.29) is 11.1 Å². The van der Waals surface area contributed by atoms with Gasteiger partial charge in [-0.15, -0.1) is 6.58 Å². The summed E-state index contributed by atoms with van der Waals surface area (Å²) in [5.74, 6) is 0.768. The summed E-state index contributed by atoms with van der Waals surface area (Å²) in [6.07, 6.45) is 3.48. The molecule has 0 aliphatic carbocycles. The Morgan fingerprint density at radius 3 is 2.95 bits per heavy atom. The standard InChI is InChI=1S/C15H12BrNO3S2/c1-3-6-21-15-17-12(14(19)22-15)8-10-4-5-13(11(16)7-10)20-9(2)18/h3-5,7-8H,1,6H2,2H3/b12-8+. The van der Waals surface area contributed by atoms with Crippen LogP contribution in [0.4, 0.5) is 0 Å². The third kappa shape index (κ3) is 4.59. The van der Waals surface area contributed by atoms with Crippen molar-refractivity contribution in [2.45, 2.75) is 6.92 Å². The maximum absolute atomic E-state index is 11.9. The smallest absolute Gasteiger partial charge is 0.308 e. The number of rotatable bonds is 4. The number of benzene rings is 1. The lowest BCUT2D eigenvalue weighted by Gasteiger charge is -2.04. The van der Waals surface area contributed by atoms with E-state index in [2.05, 4.69) is 27.5 Å². The summed E-state index contributed by atoms with van der Waals surface area (Å²) in [4.78, 5) is 27.2. The van der Waals surface area contributed by atoms with Crippen LogP contribution in [0.2, 0.25) is 0 Å². The van der Waals surface area contributed by atoms with Crippen LogP contribution in [0.1, 0.15) is 12.5 Å². The second-order valence-corrected chi connectivity index (χ2v) is 7.26. The fraction of sp³-hybridized carbons (Fsp3) is 0.133. The van der Waals surface area contributed by atoms with Crippen molar-refractivity contribution in [3.05, 3.63) is 46.6 Å². The molecule has 22 heavy (non-hydrogen) atoms. The number of nitrogens with zero attached hydrogens (tertiary/aromatic N) is 1. The summed E-state index contributed by atoms with van der Waals surface area (Å²) in [7, 11) is 0. The van der Waals surface area contributed by atoms with Gasteiger partial charge in [0.2, 0.25) is 5.12 Å². The minimum absolute atomic E-state index is 0.0771. The maximum Gasteiger partial charge on any atom is 0.308 e. The summed E-state index contributed by atoms with van der Waals surface area (Å²) in [5, 5.41) is -0.0771. The first-order valence-electron chi connectivity index (χ1n) is 6.24. The Hall–Kier alpha value is -1.31. The summed E-state index contributed by atoms with van der Waals surface area (Å²) < 4.78 is 6.40. The number of aliphatic imine (C=N–C) groups is 1. The van der Waals surface area contributed by atoms with Crippen LogP contribution in [0.5, 0.6) is 5.75 Å². The monoisotopic (exact) mass is 397 g/mol. The second-order valence-electron chi connectivity index (χ2n) is 4.18. The molecule has 1 aromatic carbocycles. The average molecular weight is 398 g/mol. The molecule has 0 atom stereocenters. The largest absolute Gasteiger partial charge is 0.426 e. The van der Waals surface area contributed by atoms with Gasteiger partial charge in [-0.25, -0.2) is 4.99 Å². The number of carbonyl (C=O) groups excluding carboxylic acids is 2. The van der Waals surface area contributed by atoms with Gasteiger partial charge < -0.3 is 4.74 Å². The number of hydrogen-bond donors (Lipinski definition) is 0. The molecule has 0 radical (unpaired) electrons. The zero-order valence-electron chi connectivity index (χ0n) is 11.7. The number of ether oxygens (including phenoxy) is 1. The van der Waals surface area contributed by atoms with Gasteiger partial charge in [0.25, 0.3) is 0 Å². The molecular weight excluding hydrogens is 386 g/mol. The Balaban J connectivity index is 2.20. The van der Waals surface area contributed by atoms with Crippen LogP contribution in [0, 0.1) is 0 Å². The maximum atomic E-state index is 11.9. The van der Waals surface area contributed by atoms with Gasteiger partial charge in [0.05, 0.1) is 4.47 Å². The van der Waals surface area contributed by atoms with Gasteiger partial charge >= 0.3 is 5.97 Å². The minimum atomic E-state index is -0.386. The third-order valence-electron chi connectivity index (χ3n) is 2.44. The zero-order valence-corrected chi connectivity index (χ0v) is 14.9. The number of halogens is 1. The summed E-state index contributed by atoms with van der Waals surface area (Å²) in [6, 6.07) is 5.20. The van der Waals surface area contributed by atoms with E-state index < -0.39 is 0 Å². The highest BCUT2D eigenvalue weighted by Crippen LogP contribution is 2.32. The normalized spacial score (nSPS) is 15.8. The average Bonchev–Trinajstić information content (AvgIpc) is 2.79. The molecule has 0 N–H and O–H groups in total. The topological polar surface area (TPSA) is 55.7 Å². The Morgan fingerprint density at radius 2 is 2.32 bits per heavy atom. The first-order valence-corrected chi connectivity index (χ1v) is 8.83. The van der Waals surface area contributed by atoms with Crippen LogP contribution < -0.4 is 4.74 Å². The highest BCUT2D eigenvalue weighted by atomic mass is 79.9. The summed E-state index contributed by atoms with van der Waals surface area (Å²) in [5.41, 5.74) is 1.20. The molecular formula is C15H12BrNO3S2. The van der Waals surface area contributed by atoms with Crippen LogP contribution in [-0.4, -0.2) is 21.2 Å². The molecule has 114 valence electrons. The van der Waals surface area contributed by atoms with Crippen molar-refractivity contribution < 1.29 is 14.3 Å². The van der Waals surface area contributed by atoms with Gasteiger partial charge in [-0.1, -0.05) is 23.9 Å². The molecule has 0 saturated carbocycles. The van der Waals surface area contributed by atoms with E-state index in [4.69, 9.17) is 4.74 Å². The van der Waals surface area contributed by atoms with Crippen molar-refractivity contribution in [2.24, 2.45) is 4.99 Å². The molecule has 4 nitrogen and oxygen atoms in total. The van der Waals surface area contributed by atoms with E-state index in [9.17, 15) is 9.59 Å². The van der Waals surface area contributed by atoms with Crippen molar-refractivity contribution in [1.29, 1.82) is 0 Å². The molecule has 0 unspecified atom stereocenters. The van der Waals surface area contributed by atoms with Crippen LogP contribution in [0.15, 0.2) is 46.0 Å². The highest BCUT2D eigenvalue weighted by Gasteiger charge is 2.22. The fourth-order valence-electron chi connectivity index (χ4n) is 1.58. The van der Waals surface area contributed by atoms with Crippen molar-refractivity contribution >= 4 is 61.0 Å². The third-order valence-corrected chi connectivity index (χ3v) is 5.06. The number of thioether (sulfide) groups is 2. The van der Waals surface area contributed by atoms with Crippen LogP contribution >= 0.6 is 39.5 Å². The highest BCUT2D eigenvalue weighted by molar-refractivity contribution is 9.10. The van der Waals surface area contributed by atoms with Crippen molar-refractivity contribution in [2.75, 3.05) is 5.75 Å². The van der Waals surface area contributed by atoms with Gasteiger partial charge in [0, 0.05) is 12.7 Å². The number of carbonyl (C=O) groups is 2. The van der Waals surface area contributed by atoms with E-state index in [1.807, 2.05) is 0 Å². The molecule has 0 saturated heterocycles. The summed E-state index contributed by atoms with van der Waals surface area (Å²) in [6.45, 7) is 4.98. The molecule has 1 aliphatic heterocycles. The Bertz CT molecular complexity index is 698. The van der Waals surface area contributed by atoms with E-state index in [0.717, 1.165) is 27.5 Å². The molecule has 1 aromatic rings.